The highest BCUT2D eigenvalue weighted by molar-refractivity contribution is 6.17. The van der Waals surface area contributed by atoms with Crippen molar-refractivity contribution in [3.05, 3.63) is 53.3 Å². The van der Waals surface area contributed by atoms with Gasteiger partial charge in [-0.25, -0.2) is 8.78 Å². The van der Waals surface area contributed by atoms with E-state index in [1.54, 1.807) is 30.3 Å². The van der Waals surface area contributed by atoms with E-state index in [4.69, 9.17) is 16.3 Å². The van der Waals surface area contributed by atoms with Gasteiger partial charge in [-0.15, -0.1) is 11.6 Å². The third kappa shape index (κ3) is 3.84. The Morgan fingerprint density at radius 3 is 2.35 bits per heavy atom. The van der Waals surface area contributed by atoms with Crippen molar-refractivity contribution in [3.8, 4) is 16.9 Å². The molecule has 0 aliphatic heterocycles. The molecule has 2 aromatic rings. The van der Waals surface area contributed by atoms with E-state index in [1.807, 2.05) is 20.8 Å². The molecule has 1 atom stereocenters. The molecule has 4 heteroatoms. The molecule has 2 aromatic carbocycles. The van der Waals surface area contributed by atoms with E-state index in [1.165, 1.54) is 13.2 Å². The molecule has 0 N–H and O–H groups in total. The van der Waals surface area contributed by atoms with Crippen LogP contribution in [-0.2, 0) is 5.88 Å². The predicted molar refractivity (Wildman–Crippen MR) is 91.2 cm³/mol. The molecule has 2 rings (SSSR count). The molecule has 0 amide bonds. The first-order chi connectivity index (χ1) is 10.8. The van der Waals surface area contributed by atoms with Crippen LogP contribution in [0.15, 0.2) is 36.4 Å². The highest BCUT2D eigenvalue weighted by atomic mass is 35.5. The van der Waals surface area contributed by atoms with Crippen LogP contribution in [0.4, 0.5) is 8.78 Å². The Bertz CT molecular complexity index is 692. The summed E-state index contributed by atoms with van der Waals surface area (Å²) in [6.07, 6.45) is -1.24. The molecule has 23 heavy (non-hydrogen) atoms. The monoisotopic (exact) mass is 338 g/mol. The molecule has 1 nitrogen and oxygen atoms in total. The van der Waals surface area contributed by atoms with E-state index in [0.717, 1.165) is 5.56 Å². The Kier molecular flexibility index (Phi) is 5.30. The Labute approximate surface area is 141 Å². The lowest BCUT2D eigenvalue weighted by molar-refractivity contribution is 0.165. The summed E-state index contributed by atoms with van der Waals surface area (Å²) < 4.78 is 34.5. The van der Waals surface area contributed by atoms with Crippen LogP contribution in [0.5, 0.6) is 5.75 Å². The molecule has 0 fully saturated rings. The topological polar surface area (TPSA) is 9.23 Å². The van der Waals surface area contributed by atoms with E-state index in [2.05, 4.69) is 0 Å². The minimum absolute atomic E-state index is 0.282. The average molecular weight is 339 g/mol. The van der Waals surface area contributed by atoms with Gasteiger partial charge in [0.05, 0.1) is 7.11 Å². The second-order valence-corrected chi connectivity index (χ2v) is 6.90. The Morgan fingerprint density at radius 2 is 1.78 bits per heavy atom. The molecule has 0 saturated heterocycles. The van der Waals surface area contributed by atoms with Crippen molar-refractivity contribution < 1.29 is 13.5 Å². The van der Waals surface area contributed by atoms with Crippen molar-refractivity contribution in [2.24, 2.45) is 5.41 Å². The minimum atomic E-state index is -1.24. The van der Waals surface area contributed by atoms with Gasteiger partial charge in [0.25, 0.3) is 0 Å². The van der Waals surface area contributed by atoms with Gasteiger partial charge in [0.15, 0.2) is 0 Å². The Balaban J connectivity index is 2.67. The van der Waals surface area contributed by atoms with Crippen molar-refractivity contribution in [1.29, 1.82) is 0 Å². The van der Waals surface area contributed by atoms with Crippen LogP contribution in [0.25, 0.3) is 11.1 Å². The van der Waals surface area contributed by atoms with Crippen LogP contribution in [0.1, 0.15) is 38.1 Å². The van der Waals surface area contributed by atoms with E-state index in [0.29, 0.717) is 22.4 Å². The summed E-state index contributed by atoms with van der Waals surface area (Å²) in [4.78, 5) is 0. The molecular weight excluding hydrogens is 318 g/mol. The maximum absolute atomic E-state index is 15.0. The Hall–Kier alpha value is -1.61. The first-order valence-corrected chi connectivity index (χ1v) is 7.98. The fourth-order valence-electron chi connectivity index (χ4n) is 2.45. The van der Waals surface area contributed by atoms with Crippen molar-refractivity contribution in [3.63, 3.8) is 0 Å². The molecule has 0 aliphatic rings. The molecule has 0 spiro atoms. The lowest BCUT2D eigenvalue weighted by Gasteiger charge is -2.26. The second-order valence-electron chi connectivity index (χ2n) is 6.63. The summed E-state index contributed by atoms with van der Waals surface area (Å²) in [5.74, 6) is 0.400. The van der Waals surface area contributed by atoms with Crippen molar-refractivity contribution in [2.75, 3.05) is 7.11 Å². The summed E-state index contributed by atoms with van der Waals surface area (Å²) in [5.41, 5.74) is 1.50. The maximum atomic E-state index is 15.0. The van der Waals surface area contributed by atoms with Crippen LogP contribution < -0.4 is 4.74 Å². The minimum Gasteiger partial charge on any atom is -0.497 e. The highest BCUT2D eigenvalue weighted by Gasteiger charge is 2.29. The molecule has 0 unspecified atom stereocenters. The van der Waals surface area contributed by atoms with Crippen LogP contribution in [0.2, 0.25) is 0 Å². The van der Waals surface area contributed by atoms with Gasteiger partial charge in [0, 0.05) is 11.4 Å². The SMILES string of the molecule is COc1ccc(F)c(-c2ccc(CCl)cc2[C@@H](F)C(C)(C)C)c1. The quantitative estimate of drug-likeness (QED) is 0.595. The third-order valence-electron chi connectivity index (χ3n) is 3.77. The Morgan fingerprint density at radius 1 is 1.09 bits per heavy atom. The fraction of sp³-hybridized carbons (Fsp3) is 0.368. The van der Waals surface area contributed by atoms with Gasteiger partial charge >= 0.3 is 0 Å². The number of methoxy groups -OCH3 is 1. The van der Waals surface area contributed by atoms with Gasteiger partial charge in [-0.1, -0.05) is 39.0 Å². The first-order valence-electron chi connectivity index (χ1n) is 7.44. The lowest BCUT2D eigenvalue weighted by atomic mass is 9.82. The molecule has 0 aliphatic carbocycles. The maximum Gasteiger partial charge on any atom is 0.131 e. The van der Waals surface area contributed by atoms with Crippen molar-refractivity contribution in [2.45, 2.75) is 32.8 Å². The number of hydrogen-bond acceptors (Lipinski definition) is 1. The zero-order valence-electron chi connectivity index (χ0n) is 13.8. The van der Waals surface area contributed by atoms with E-state index < -0.39 is 17.4 Å². The lowest BCUT2D eigenvalue weighted by Crippen LogP contribution is -2.15. The van der Waals surface area contributed by atoms with E-state index in [-0.39, 0.29) is 5.88 Å². The van der Waals surface area contributed by atoms with Gasteiger partial charge in [0.1, 0.15) is 17.7 Å². The van der Waals surface area contributed by atoms with E-state index in [9.17, 15) is 4.39 Å². The molecule has 0 heterocycles. The van der Waals surface area contributed by atoms with Crippen LogP contribution in [-0.4, -0.2) is 7.11 Å². The highest BCUT2D eigenvalue weighted by Crippen LogP contribution is 2.42. The normalized spacial score (nSPS) is 13.0. The van der Waals surface area contributed by atoms with Gasteiger partial charge in [-0.05, 0) is 40.3 Å². The van der Waals surface area contributed by atoms with Crippen LogP contribution >= 0.6 is 11.6 Å². The van der Waals surface area contributed by atoms with Gasteiger partial charge in [-0.3, -0.25) is 0 Å². The number of benzene rings is 2. The summed E-state index contributed by atoms with van der Waals surface area (Å²) in [6.45, 7) is 5.45. The third-order valence-corrected chi connectivity index (χ3v) is 4.08. The fourth-order valence-corrected chi connectivity index (χ4v) is 2.62. The number of hydrogen-bond donors (Lipinski definition) is 0. The van der Waals surface area contributed by atoms with Gasteiger partial charge in [0.2, 0.25) is 0 Å². The summed E-state index contributed by atoms with van der Waals surface area (Å²) in [5, 5.41) is 0. The molecule has 0 bridgehead atoms. The predicted octanol–water partition coefficient (Wildman–Crippen LogP) is 6.30. The number of ether oxygens (including phenoxy) is 1. The zero-order chi connectivity index (χ0) is 17.2. The van der Waals surface area contributed by atoms with E-state index >= 15 is 4.39 Å². The number of alkyl halides is 2. The first kappa shape index (κ1) is 17.7. The van der Waals surface area contributed by atoms with Crippen LogP contribution in [0.3, 0.4) is 0 Å². The summed E-state index contributed by atoms with van der Waals surface area (Å²) in [7, 11) is 1.52. The van der Waals surface area contributed by atoms with Gasteiger partial charge in [-0.2, -0.15) is 0 Å². The van der Waals surface area contributed by atoms with Crippen molar-refractivity contribution in [1.82, 2.24) is 0 Å². The van der Waals surface area contributed by atoms with Gasteiger partial charge < -0.3 is 4.74 Å². The molecular formula is C19H21ClF2O. The summed E-state index contributed by atoms with van der Waals surface area (Å²) >= 11 is 5.88. The molecule has 0 aromatic heterocycles. The largest absolute Gasteiger partial charge is 0.497 e. The van der Waals surface area contributed by atoms with Crippen molar-refractivity contribution >= 4 is 11.6 Å². The van der Waals surface area contributed by atoms with Crippen LogP contribution in [0, 0.1) is 11.2 Å². The second kappa shape index (κ2) is 6.88. The number of rotatable bonds is 4. The smallest absolute Gasteiger partial charge is 0.131 e. The zero-order valence-corrected chi connectivity index (χ0v) is 14.5. The molecule has 124 valence electrons. The number of halogens is 3. The average Bonchev–Trinajstić information content (AvgIpc) is 2.53. The standard InChI is InChI=1S/C19H21ClF2O/c1-19(2,3)18(22)16-9-12(11-20)5-7-14(16)15-10-13(23-4)6-8-17(15)21/h5-10,18H,11H2,1-4H3/t18-/m1/s1. The molecule has 0 saturated carbocycles. The summed E-state index contributed by atoms with van der Waals surface area (Å²) in [6, 6.07) is 9.70. The molecule has 0 radical (unpaired) electrons.